The minimum atomic E-state index is -1.08. The number of aliphatic imine (C=N–C) groups is 1. The quantitative estimate of drug-likeness (QED) is 0.715. The van der Waals surface area contributed by atoms with Gasteiger partial charge in [-0.05, 0) is 38.6 Å². The third-order valence-electron chi connectivity index (χ3n) is 6.13. The van der Waals surface area contributed by atoms with Gasteiger partial charge in [0.2, 0.25) is 11.5 Å². The Hall–Kier alpha value is -2.38. The highest BCUT2D eigenvalue weighted by Gasteiger charge is 2.58. The number of carbonyl (C=O) groups excluding carboxylic acids is 2. The number of urea groups is 1. The number of fused-ring (bicyclic) bond motifs is 5. The van der Waals surface area contributed by atoms with E-state index in [1.54, 1.807) is 6.92 Å². The lowest BCUT2D eigenvalue weighted by atomic mass is 9.69. The lowest BCUT2D eigenvalue weighted by Crippen LogP contribution is -2.68. The summed E-state index contributed by atoms with van der Waals surface area (Å²) in [5.74, 6) is -0.875. The van der Waals surface area contributed by atoms with Gasteiger partial charge in [0.1, 0.15) is 5.41 Å². The SMILES string of the molecule is CPC1=NC(=O)NC(=O)C12Cc1cc3c(C)noc3c(F)c1N1C[C@@H](C)OCC12. The third-order valence-corrected chi connectivity index (χ3v) is 7.16. The van der Waals surface area contributed by atoms with Gasteiger partial charge in [0.25, 0.3) is 0 Å². The summed E-state index contributed by atoms with van der Waals surface area (Å²) in [6, 6.07) is 0.725. The lowest BCUT2D eigenvalue weighted by Gasteiger charge is -2.53. The molecule has 4 atom stereocenters. The Morgan fingerprint density at radius 2 is 2.21 bits per heavy atom. The molecule has 5 rings (SSSR count). The predicted molar refractivity (Wildman–Crippen MR) is 107 cm³/mol. The molecule has 152 valence electrons. The molecule has 1 aromatic carbocycles. The van der Waals surface area contributed by atoms with Crippen LogP contribution in [0.3, 0.4) is 0 Å². The van der Waals surface area contributed by atoms with E-state index < -0.39 is 29.2 Å². The molecule has 0 saturated carbocycles. The largest absolute Gasteiger partial charge is 0.374 e. The standard InChI is InChI=1S/C19H20FN4O4P/c1-8-6-24-12(7-27-8)19(16(25)21-18(26)22-17(19)29-3)5-10-4-11-9(2)23-28-15(11)13(20)14(10)24/h4,8,12,29H,5-7H2,1-3H3,(H,21,25,26)/t8-,12?,19?/m1/s1. The van der Waals surface area contributed by atoms with Gasteiger partial charge in [-0.3, -0.25) is 10.1 Å². The molecule has 4 heterocycles. The molecule has 2 aromatic rings. The monoisotopic (exact) mass is 418 g/mol. The summed E-state index contributed by atoms with van der Waals surface area (Å²) in [7, 11) is 0.160. The van der Waals surface area contributed by atoms with E-state index in [0.717, 1.165) is 0 Å². The number of aromatic nitrogens is 1. The van der Waals surface area contributed by atoms with E-state index in [9.17, 15) is 9.59 Å². The first-order chi connectivity index (χ1) is 13.9. The van der Waals surface area contributed by atoms with Crippen LogP contribution in [-0.2, 0) is 16.0 Å². The smallest absolute Gasteiger partial charge is 0.347 e. The van der Waals surface area contributed by atoms with Gasteiger partial charge in [-0.15, -0.1) is 0 Å². The predicted octanol–water partition coefficient (Wildman–Crippen LogP) is 2.37. The van der Waals surface area contributed by atoms with Crippen LogP contribution < -0.4 is 10.2 Å². The lowest BCUT2D eigenvalue weighted by molar-refractivity contribution is -0.129. The van der Waals surface area contributed by atoms with Crippen molar-refractivity contribution in [2.24, 2.45) is 10.4 Å². The fourth-order valence-electron chi connectivity index (χ4n) is 4.81. The van der Waals surface area contributed by atoms with Gasteiger partial charge in [-0.25, -0.2) is 9.18 Å². The number of morpholine rings is 1. The second-order valence-corrected chi connectivity index (χ2v) is 8.75. The van der Waals surface area contributed by atoms with Gasteiger partial charge >= 0.3 is 6.03 Å². The Morgan fingerprint density at radius 3 is 2.97 bits per heavy atom. The molecule has 29 heavy (non-hydrogen) atoms. The van der Waals surface area contributed by atoms with Crippen LogP contribution in [0.1, 0.15) is 18.2 Å². The van der Waals surface area contributed by atoms with Crippen molar-refractivity contribution in [2.45, 2.75) is 32.4 Å². The molecule has 0 radical (unpaired) electrons. The van der Waals surface area contributed by atoms with Crippen LogP contribution in [0.25, 0.3) is 11.0 Å². The molecular formula is C19H20FN4O4P. The highest BCUT2D eigenvalue weighted by molar-refractivity contribution is 7.58. The number of imide groups is 1. The average molecular weight is 418 g/mol. The molecule has 3 aliphatic heterocycles. The van der Waals surface area contributed by atoms with Crippen molar-refractivity contribution in [2.75, 3.05) is 24.7 Å². The van der Waals surface area contributed by atoms with Crippen molar-refractivity contribution in [3.63, 3.8) is 0 Å². The Morgan fingerprint density at radius 1 is 1.41 bits per heavy atom. The van der Waals surface area contributed by atoms with Crippen LogP contribution >= 0.6 is 8.58 Å². The first-order valence-corrected chi connectivity index (χ1v) is 10.9. The molecule has 1 spiro atoms. The third kappa shape index (κ3) is 2.43. The zero-order valence-electron chi connectivity index (χ0n) is 16.2. The molecule has 0 bridgehead atoms. The van der Waals surface area contributed by atoms with E-state index in [4.69, 9.17) is 9.26 Å². The van der Waals surface area contributed by atoms with Crippen molar-refractivity contribution in [3.05, 3.63) is 23.1 Å². The first kappa shape index (κ1) is 18.6. The fraction of sp³-hybridized carbons (Fsp3) is 0.474. The summed E-state index contributed by atoms with van der Waals surface area (Å²) in [5, 5.41) is 6.86. The van der Waals surface area contributed by atoms with Crippen molar-refractivity contribution < 1.29 is 23.2 Å². The van der Waals surface area contributed by atoms with Gasteiger partial charge in [0.05, 0.1) is 35.6 Å². The molecule has 0 aliphatic carbocycles. The van der Waals surface area contributed by atoms with Crippen molar-refractivity contribution in [1.82, 2.24) is 10.5 Å². The van der Waals surface area contributed by atoms with Gasteiger partial charge in [-0.1, -0.05) is 13.7 Å². The van der Waals surface area contributed by atoms with Crippen LogP contribution in [0, 0.1) is 18.2 Å². The van der Waals surface area contributed by atoms with E-state index in [1.807, 2.05) is 24.6 Å². The molecular weight excluding hydrogens is 398 g/mol. The maximum Gasteiger partial charge on any atom is 0.347 e. The Labute approximate surface area is 167 Å². The number of hydrogen-bond acceptors (Lipinski definition) is 6. The van der Waals surface area contributed by atoms with E-state index in [2.05, 4.69) is 15.5 Å². The number of ether oxygens (including phenoxy) is 1. The molecule has 8 nitrogen and oxygen atoms in total. The van der Waals surface area contributed by atoms with Crippen LogP contribution in [0.4, 0.5) is 14.9 Å². The number of nitrogens with one attached hydrogen (secondary N) is 1. The number of anilines is 1. The van der Waals surface area contributed by atoms with Crippen molar-refractivity contribution in [3.8, 4) is 0 Å². The van der Waals surface area contributed by atoms with E-state index >= 15 is 4.39 Å². The zero-order chi connectivity index (χ0) is 20.5. The molecule has 3 amide bonds. The Kier molecular flexibility index (Phi) is 4.05. The summed E-state index contributed by atoms with van der Waals surface area (Å²) in [4.78, 5) is 31.2. The van der Waals surface area contributed by atoms with Crippen LogP contribution in [0.15, 0.2) is 15.6 Å². The molecule has 1 aromatic heterocycles. The molecule has 3 unspecified atom stereocenters. The van der Waals surface area contributed by atoms with Gasteiger partial charge in [0, 0.05) is 11.9 Å². The number of benzene rings is 1. The maximum absolute atomic E-state index is 15.6. The molecule has 3 aliphatic rings. The number of aryl methyl sites for hydroxylation is 1. The molecule has 1 saturated heterocycles. The van der Waals surface area contributed by atoms with Crippen molar-refractivity contribution >= 4 is 42.6 Å². The van der Waals surface area contributed by atoms with Gasteiger partial charge < -0.3 is 14.2 Å². The summed E-state index contributed by atoms with van der Waals surface area (Å²) < 4.78 is 26.7. The Balaban J connectivity index is 1.80. The van der Waals surface area contributed by atoms with Gasteiger partial charge in [-0.2, -0.15) is 4.99 Å². The normalized spacial score (nSPS) is 29.4. The van der Waals surface area contributed by atoms with E-state index in [-0.39, 0.29) is 33.3 Å². The number of carbonyl (C=O) groups is 2. The maximum atomic E-state index is 15.6. The number of nitrogens with zero attached hydrogens (tertiary/aromatic N) is 3. The first-order valence-electron chi connectivity index (χ1n) is 9.44. The minimum Gasteiger partial charge on any atom is -0.374 e. The van der Waals surface area contributed by atoms with Crippen LogP contribution in [0.2, 0.25) is 0 Å². The van der Waals surface area contributed by atoms with E-state index in [0.29, 0.717) is 34.3 Å². The number of amides is 3. The van der Waals surface area contributed by atoms with Crippen molar-refractivity contribution in [1.29, 1.82) is 0 Å². The van der Waals surface area contributed by atoms with Crippen LogP contribution in [0.5, 0.6) is 0 Å². The summed E-state index contributed by atoms with van der Waals surface area (Å²) in [6.45, 7) is 6.21. The van der Waals surface area contributed by atoms with Gasteiger partial charge in [0.15, 0.2) is 5.82 Å². The molecule has 1 N–H and O–H groups in total. The highest BCUT2D eigenvalue weighted by Crippen LogP contribution is 2.50. The number of halogens is 1. The average Bonchev–Trinajstić information content (AvgIpc) is 3.05. The highest BCUT2D eigenvalue weighted by atomic mass is 31.1. The minimum absolute atomic E-state index is 0.115. The second kappa shape index (κ2) is 6.31. The van der Waals surface area contributed by atoms with E-state index in [1.165, 1.54) is 0 Å². The molecule has 1 fully saturated rings. The number of rotatable bonds is 1. The zero-order valence-corrected chi connectivity index (χ0v) is 17.2. The fourth-order valence-corrected chi connectivity index (χ4v) is 5.84. The Bertz CT molecular complexity index is 1100. The number of hydrogen-bond donors (Lipinski definition) is 1. The molecule has 10 heteroatoms. The summed E-state index contributed by atoms with van der Waals surface area (Å²) >= 11 is 0. The van der Waals surface area contributed by atoms with Crippen LogP contribution in [-0.4, -0.2) is 54.5 Å². The summed E-state index contributed by atoms with van der Waals surface area (Å²) in [5.41, 5.74) is 1.25. The topological polar surface area (TPSA) is 97.0 Å². The summed E-state index contributed by atoms with van der Waals surface area (Å²) in [6.07, 6.45) is 0.0934. The second-order valence-electron chi connectivity index (χ2n) is 7.77.